The molecule has 0 aliphatic rings. The second-order valence-corrected chi connectivity index (χ2v) is 4.60. The molecule has 0 saturated carbocycles. The highest BCUT2D eigenvalue weighted by Gasteiger charge is 2.24. The molecule has 2 heteroatoms. The maximum Gasteiger partial charge on any atom is 0.0451 e. The van der Waals surface area contributed by atoms with E-state index in [9.17, 15) is 5.11 Å². The molecule has 2 N–H and O–H groups in total. The van der Waals surface area contributed by atoms with Crippen molar-refractivity contribution < 1.29 is 5.11 Å². The van der Waals surface area contributed by atoms with Crippen LogP contribution in [0.2, 0.25) is 0 Å². The van der Waals surface area contributed by atoms with Crippen molar-refractivity contribution in [3.63, 3.8) is 0 Å². The zero-order valence-corrected chi connectivity index (χ0v) is 10.6. The van der Waals surface area contributed by atoms with Crippen molar-refractivity contribution in [2.45, 2.75) is 39.2 Å². The molecule has 16 heavy (non-hydrogen) atoms. The van der Waals surface area contributed by atoms with Crippen molar-refractivity contribution >= 4 is 0 Å². The number of aryl methyl sites for hydroxylation is 1. The second kappa shape index (κ2) is 6.02. The predicted molar refractivity (Wildman–Crippen MR) is 68.5 cm³/mol. The molecule has 0 amide bonds. The number of hydrogen-bond donors (Lipinski definition) is 2. The van der Waals surface area contributed by atoms with Gasteiger partial charge in [0.05, 0.1) is 0 Å². The van der Waals surface area contributed by atoms with Crippen LogP contribution in [0.25, 0.3) is 0 Å². The predicted octanol–water partition coefficient (Wildman–Crippen LogP) is 2.59. The Labute approximate surface area is 98.7 Å². The Hall–Kier alpha value is -0.860. The fraction of sp³-hybridized carbons (Fsp3) is 0.571. The van der Waals surface area contributed by atoms with Crippen LogP contribution in [0.1, 0.15) is 37.8 Å². The van der Waals surface area contributed by atoms with Crippen LogP contribution in [0.3, 0.4) is 0 Å². The largest absolute Gasteiger partial charge is 0.396 e. The van der Waals surface area contributed by atoms with Gasteiger partial charge in [-0.25, -0.2) is 0 Å². The first kappa shape index (κ1) is 13.2. The summed E-state index contributed by atoms with van der Waals surface area (Å²) >= 11 is 0. The van der Waals surface area contributed by atoms with Crippen LogP contribution in [-0.2, 0) is 5.54 Å². The summed E-state index contributed by atoms with van der Waals surface area (Å²) in [5.74, 6) is 0. The van der Waals surface area contributed by atoms with E-state index in [1.807, 2.05) is 0 Å². The van der Waals surface area contributed by atoms with E-state index in [-0.39, 0.29) is 12.1 Å². The molecule has 0 aliphatic heterocycles. The zero-order valence-electron chi connectivity index (χ0n) is 10.6. The summed E-state index contributed by atoms with van der Waals surface area (Å²) in [4.78, 5) is 0. The van der Waals surface area contributed by atoms with Gasteiger partial charge in [0.1, 0.15) is 0 Å². The summed E-state index contributed by atoms with van der Waals surface area (Å²) in [5.41, 5.74) is 2.41. The lowest BCUT2D eigenvalue weighted by Crippen LogP contribution is -2.40. The van der Waals surface area contributed by atoms with Gasteiger partial charge < -0.3 is 10.4 Å². The van der Waals surface area contributed by atoms with E-state index in [0.29, 0.717) is 0 Å². The lowest BCUT2D eigenvalue weighted by molar-refractivity contribution is 0.221. The number of aliphatic hydroxyl groups excluding tert-OH is 1. The topological polar surface area (TPSA) is 32.3 Å². The second-order valence-electron chi connectivity index (χ2n) is 4.60. The van der Waals surface area contributed by atoms with Crippen LogP contribution < -0.4 is 5.32 Å². The summed E-state index contributed by atoms with van der Waals surface area (Å²) in [6.45, 7) is 7.59. The minimum atomic E-state index is -0.113. The molecule has 1 aromatic rings. The smallest absolute Gasteiger partial charge is 0.0451 e. The lowest BCUT2D eigenvalue weighted by atomic mass is 9.88. The standard InChI is InChI=1S/C14H23NO/c1-4-10-15-14(3,9-11-16)13-7-5-12(2)6-8-13/h5-8,15-16H,4,9-11H2,1-3H3. The SMILES string of the molecule is CCCNC(C)(CCO)c1ccc(C)cc1. The van der Waals surface area contributed by atoms with Crippen molar-refractivity contribution in [1.82, 2.24) is 5.32 Å². The van der Waals surface area contributed by atoms with Crippen molar-refractivity contribution in [1.29, 1.82) is 0 Å². The van der Waals surface area contributed by atoms with Crippen molar-refractivity contribution in [2.24, 2.45) is 0 Å². The average Bonchev–Trinajstić information content (AvgIpc) is 2.27. The first-order chi connectivity index (χ1) is 7.62. The summed E-state index contributed by atoms with van der Waals surface area (Å²) in [5, 5.41) is 12.7. The number of hydrogen-bond acceptors (Lipinski definition) is 2. The molecule has 0 aliphatic carbocycles. The van der Waals surface area contributed by atoms with Crippen molar-refractivity contribution in [3.8, 4) is 0 Å². The molecule has 1 aromatic carbocycles. The first-order valence-electron chi connectivity index (χ1n) is 6.05. The fourth-order valence-corrected chi connectivity index (χ4v) is 1.88. The molecule has 0 bridgehead atoms. The quantitative estimate of drug-likeness (QED) is 0.774. The number of nitrogens with one attached hydrogen (secondary N) is 1. The highest BCUT2D eigenvalue weighted by atomic mass is 16.3. The highest BCUT2D eigenvalue weighted by Crippen LogP contribution is 2.24. The monoisotopic (exact) mass is 221 g/mol. The van der Waals surface area contributed by atoms with E-state index in [1.54, 1.807) is 0 Å². The van der Waals surface area contributed by atoms with Crippen molar-refractivity contribution in [3.05, 3.63) is 35.4 Å². The maximum atomic E-state index is 9.18. The van der Waals surface area contributed by atoms with E-state index < -0.39 is 0 Å². The normalized spacial score (nSPS) is 14.8. The van der Waals surface area contributed by atoms with Gasteiger partial charge in [-0.3, -0.25) is 0 Å². The molecule has 0 aromatic heterocycles. The highest BCUT2D eigenvalue weighted by molar-refractivity contribution is 5.27. The fourth-order valence-electron chi connectivity index (χ4n) is 1.88. The Balaban J connectivity index is 2.86. The van der Waals surface area contributed by atoms with E-state index in [1.165, 1.54) is 11.1 Å². The zero-order chi connectivity index (χ0) is 12.0. The minimum absolute atomic E-state index is 0.113. The molecule has 1 rings (SSSR count). The molecule has 0 heterocycles. The third-order valence-corrected chi connectivity index (χ3v) is 3.07. The number of aliphatic hydroxyl groups is 1. The Morgan fingerprint density at radius 2 is 1.88 bits per heavy atom. The van der Waals surface area contributed by atoms with Crippen LogP contribution in [0, 0.1) is 6.92 Å². The third kappa shape index (κ3) is 3.32. The van der Waals surface area contributed by atoms with Gasteiger partial charge in [0, 0.05) is 12.1 Å². The summed E-state index contributed by atoms with van der Waals surface area (Å²) < 4.78 is 0. The molecule has 0 spiro atoms. The van der Waals surface area contributed by atoms with Crippen LogP contribution in [0.5, 0.6) is 0 Å². The van der Waals surface area contributed by atoms with Gasteiger partial charge in [0.2, 0.25) is 0 Å². The van der Waals surface area contributed by atoms with Gasteiger partial charge in [-0.15, -0.1) is 0 Å². The third-order valence-electron chi connectivity index (χ3n) is 3.07. The van der Waals surface area contributed by atoms with Crippen LogP contribution in [0.15, 0.2) is 24.3 Å². The first-order valence-corrected chi connectivity index (χ1v) is 6.05. The molecule has 1 unspecified atom stereocenters. The summed E-state index contributed by atoms with van der Waals surface area (Å²) in [6, 6.07) is 8.54. The minimum Gasteiger partial charge on any atom is -0.396 e. The Morgan fingerprint density at radius 3 is 2.38 bits per heavy atom. The molecular weight excluding hydrogens is 198 g/mol. The Bertz CT molecular complexity index is 307. The van der Waals surface area contributed by atoms with Crippen LogP contribution in [0.4, 0.5) is 0 Å². The summed E-state index contributed by atoms with van der Waals surface area (Å²) in [7, 11) is 0. The number of rotatable bonds is 6. The van der Waals surface area contributed by atoms with Crippen LogP contribution >= 0.6 is 0 Å². The van der Waals surface area contributed by atoms with E-state index in [2.05, 4.69) is 50.4 Å². The van der Waals surface area contributed by atoms with Gasteiger partial charge in [0.25, 0.3) is 0 Å². The average molecular weight is 221 g/mol. The Morgan fingerprint density at radius 1 is 1.25 bits per heavy atom. The van der Waals surface area contributed by atoms with E-state index >= 15 is 0 Å². The van der Waals surface area contributed by atoms with Gasteiger partial charge in [-0.2, -0.15) is 0 Å². The molecule has 2 nitrogen and oxygen atoms in total. The molecule has 1 atom stereocenters. The van der Waals surface area contributed by atoms with Crippen LogP contribution in [-0.4, -0.2) is 18.3 Å². The van der Waals surface area contributed by atoms with Crippen molar-refractivity contribution in [2.75, 3.05) is 13.2 Å². The molecule has 0 saturated heterocycles. The Kier molecular flexibility index (Phi) is 4.97. The molecular formula is C14H23NO. The van der Waals surface area contributed by atoms with Gasteiger partial charge in [-0.05, 0) is 38.8 Å². The van der Waals surface area contributed by atoms with Gasteiger partial charge >= 0.3 is 0 Å². The molecule has 0 fully saturated rings. The number of benzene rings is 1. The molecule has 90 valence electrons. The van der Waals surface area contributed by atoms with Gasteiger partial charge in [-0.1, -0.05) is 36.8 Å². The molecule has 0 radical (unpaired) electrons. The maximum absolute atomic E-state index is 9.18. The summed E-state index contributed by atoms with van der Waals surface area (Å²) in [6.07, 6.45) is 1.85. The van der Waals surface area contributed by atoms with Gasteiger partial charge in [0.15, 0.2) is 0 Å². The van der Waals surface area contributed by atoms with E-state index in [4.69, 9.17) is 0 Å². The van der Waals surface area contributed by atoms with E-state index in [0.717, 1.165) is 19.4 Å². The lowest BCUT2D eigenvalue weighted by Gasteiger charge is -2.31.